The first-order chi connectivity index (χ1) is 13.0. The van der Waals surface area contributed by atoms with E-state index in [1.807, 2.05) is 13.8 Å². The first-order valence-electron chi connectivity index (χ1n) is 10.7. The van der Waals surface area contributed by atoms with Crippen molar-refractivity contribution < 1.29 is 9.47 Å². The Labute approximate surface area is 167 Å². The van der Waals surface area contributed by atoms with Crippen molar-refractivity contribution in [1.82, 2.24) is 0 Å². The van der Waals surface area contributed by atoms with Crippen molar-refractivity contribution in [3.63, 3.8) is 0 Å². The Kier molecular flexibility index (Phi) is 11.6. The van der Waals surface area contributed by atoms with Gasteiger partial charge in [-0.05, 0) is 84.4 Å². The SMILES string of the molecule is CCCCCc1cc(OCC)c(CC=C(C)CCC=C(C)C)c(OCC)c1. The highest BCUT2D eigenvalue weighted by molar-refractivity contribution is 5.49. The molecule has 27 heavy (non-hydrogen) atoms. The largest absolute Gasteiger partial charge is 0.493 e. The van der Waals surface area contributed by atoms with Crippen molar-refractivity contribution in [3.05, 3.63) is 46.6 Å². The molecule has 0 atom stereocenters. The van der Waals surface area contributed by atoms with Gasteiger partial charge in [-0.1, -0.05) is 43.1 Å². The second-order valence-electron chi connectivity index (χ2n) is 7.47. The second kappa shape index (κ2) is 13.5. The fourth-order valence-electron chi connectivity index (χ4n) is 3.13. The molecular weight excluding hydrogens is 332 g/mol. The summed E-state index contributed by atoms with van der Waals surface area (Å²) in [6, 6.07) is 4.45. The molecule has 0 unspecified atom stereocenters. The minimum atomic E-state index is 0.681. The monoisotopic (exact) mass is 372 g/mol. The third-order valence-electron chi connectivity index (χ3n) is 4.64. The Bertz CT molecular complexity index is 580. The first kappa shape index (κ1) is 23.3. The summed E-state index contributed by atoms with van der Waals surface area (Å²) in [4.78, 5) is 0. The van der Waals surface area contributed by atoms with E-state index in [9.17, 15) is 0 Å². The maximum atomic E-state index is 6.00. The highest BCUT2D eigenvalue weighted by Crippen LogP contribution is 2.33. The lowest BCUT2D eigenvalue weighted by molar-refractivity contribution is 0.317. The van der Waals surface area contributed by atoms with E-state index in [4.69, 9.17) is 9.47 Å². The molecule has 0 spiro atoms. The highest BCUT2D eigenvalue weighted by atomic mass is 16.5. The minimum Gasteiger partial charge on any atom is -0.493 e. The fourth-order valence-corrected chi connectivity index (χ4v) is 3.13. The van der Waals surface area contributed by atoms with E-state index < -0.39 is 0 Å². The molecule has 1 aromatic rings. The predicted octanol–water partition coefficient (Wildman–Crippen LogP) is 7.45. The summed E-state index contributed by atoms with van der Waals surface area (Å²) in [5, 5.41) is 0. The Morgan fingerprint density at radius 3 is 2.04 bits per heavy atom. The van der Waals surface area contributed by atoms with Crippen LogP contribution in [0.4, 0.5) is 0 Å². The Hall–Kier alpha value is -1.70. The number of rotatable bonds is 13. The third-order valence-corrected chi connectivity index (χ3v) is 4.64. The number of hydrogen-bond acceptors (Lipinski definition) is 2. The molecule has 0 saturated carbocycles. The summed E-state index contributed by atoms with van der Waals surface area (Å²) in [5.74, 6) is 1.98. The number of benzene rings is 1. The lowest BCUT2D eigenvalue weighted by atomic mass is 10.00. The van der Waals surface area contributed by atoms with Crippen molar-refractivity contribution in [1.29, 1.82) is 0 Å². The normalized spacial score (nSPS) is 11.4. The Morgan fingerprint density at radius 1 is 0.889 bits per heavy atom. The molecule has 0 aliphatic rings. The number of ether oxygens (including phenoxy) is 2. The summed E-state index contributed by atoms with van der Waals surface area (Å²) >= 11 is 0. The van der Waals surface area contributed by atoms with Crippen molar-refractivity contribution in [3.8, 4) is 11.5 Å². The summed E-state index contributed by atoms with van der Waals surface area (Å²) in [6.45, 7) is 14.2. The van der Waals surface area contributed by atoms with Crippen molar-refractivity contribution in [2.45, 2.75) is 86.5 Å². The molecule has 0 radical (unpaired) electrons. The van der Waals surface area contributed by atoms with Gasteiger partial charge in [-0.3, -0.25) is 0 Å². The highest BCUT2D eigenvalue weighted by Gasteiger charge is 2.13. The average molecular weight is 373 g/mol. The topological polar surface area (TPSA) is 18.5 Å². The lowest BCUT2D eigenvalue weighted by Crippen LogP contribution is -2.03. The van der Waals surface area contributed by atoms with Crippen LogP contribution in [0.5, 0.6) is 11.5 Å². The molecule has 0 aliphatic heterocycles. The second-order valence-corrected chi connectivity index (χ2v) is 7.47. The molecule has 0 heterocycles. The van der Waals surface area contributed by atoms with Gasteiger partial charge in [0.25, 0.3) is 0 Å². The van der Waals surface area contributed by atoms with Crippen molar-refractivity contribution in [2.24, 2.45) is 0 Å². The van der Waals surface area contributed by atoms with Crippen LogP contribution in [-0.2, 0) is 12.8 Å². The van der Waals surface area contributed by atoms with Gasteiger partial charge in [0.15, 0.2) is 0 Å². The van der Waals surface area contributed by atoms with Gasteiger partial charge in [0.2, 0.25) is 0 Å². The van der Waals surface area contributed by atoms with Crippen molar-refractivity contribution in [2.75, 3.05) is 13.2 Å². The quantitative estimate of drug-likeness (QED) is 0.264. The molecule has 0 aliphatic carbocycles. The molecule has 1 rings (SSSR count). The molecule has 0 saturated heterocycles. The van der Waals surface area contributed by atoms with Crippen LogP contribution < -0.4 is 9.47 Å². The number of aryl methyl sites for hydroxylation is 1. The van der Waals surface area contributed by atoms with E-state index in [0.717, 1.165) is 37.2 Å². The maximum absolute atomic E-state index is 6.00. The zero-order chi connectivity index (χ0) is 20.1. The Morgan fingerprint density at radius 2 is 1.52 bits per heavy atom. The van der Waals surface area contributed by atoms with Gasteiger partial charge < -0.3 is 9.47 Å². The van der Waals surface area contributed by atoms with Gasteiger partial charge in [-0.2, -0.15) is 0 Å². The van der Waals surface area contributed by atoms with Crippen molar-refractivity contribution >= 4 is 0 Å². The number of hydrogen-bond donors (Lipinski definition) is 0. The Balaban J connectivity index is 3.01. The van der Waals surface area contributed by atoms with E-state index in [1.165, 1.54) is 41.5 Å². The van der Waals surface area contributed by atoms with Gasteiger partial charge in [-0.15, -0.1) is 0 Å². The number of unbranched alkanes of at least 4 members (excludes halogenated alkanes) is 2. The van der Waals surface area contributed by atoms with E-state index in [-0.39, 0.29) is 0 Å². The van der Waals surface area contributed by atoms with Crippen LogP contribution in [0.2, 0.25) is 0 Å². The number of allylic oxidation sites excluding steroid dienone is 4. The standard InChI is InChI=1S/C25H40O2/c1-7-10-11-15-22-18-24(26-8-2)23(25(19-22)27-9-3)17-16-21(6)14-12-13-20(4)5/h13,16,18-19H,7-12,14-15,17H2,1-6H3. The van der Waals surface area contributed by atoms with Gasteiger partial charge in [0, 0.05) is 5.56 Å². The molecule has 0 amide bonds. The van der Waals surface area contributed by atoms with Gasteiger partial charge in [0.1, 0.15) is 11.5 Å². The van der Waals surface area contributed by atoms with E-state index in [0.29, 0.717) is 13.2 Å². The predicted molar refractivity (Wildman–Crippen MR) is 118 cm³/mol. The van der Waals surface area contributed by atoms with E-state index in [2.05, 4.69) is 52.0 Å². The fraction of sp³-hybridized carbons (Fsp3) is 0.600. The molecule has 0 fully saturated rings. The van der Waals surface area contributed by atoms with E-state index in [1.54, 1.807) is 0 Å². The van der Waals surface area contributed by atoms with Crippen LogP contribution in [0.25, 0.3) is 0 Å². The third kappa shape index (κ3) is 9.17. The zero-order valence-corrected chi connectivity index (χ0v) is 18.5. The van der Waals surface area contributed by atoms with Crippen LogP contribution in [0, 0.1) is 0 Å². The van der Waals surface area contributed by atoms with Gasteiger partial charge in [0.05, 0.1) is 13.2 Å². The molecule has 1 aromatic carbocycles. The van der Waals surface area contributed by atoms with Crippen LogP contribution in [0.15, 0.2) is 35.4 Å². The van der Waals surface area contributed by atoms with Crippen LogP contribution in [-0.4, -0.2) is 13.2 Å². The van der Waals surface area contributed by atoms with Crippen LogP contribution in [0.3, 0.4) is 0 Å². The minimum absolute atomic E-state index is 0.681. The molecule has 0 N–H and O–H groups in total. The first-order valence-corrected chi connectivity index (χ1v) is 10.7. The van der Waals surface area contributed by atoms with Crippen LogP contribution in [0.1, 0.15) is 84.8 Å². The molecule has 152 valence electrons. The molecule has 0 bridgehead atoms. The average Bonchev–Trinajstić information content (AvgIpc) is 2.61. The summed E-state index contributed by atoms with van der Waals surface area (Å²) in [7, 11) is 0. The lowest BCUT2D eigenvalue weighted by Gasteiger charge is -2.17. The molecule has 0 aromatic heterocycles. The van der Waals surface area contributed by atoms with Gasteiger partial charge in [-0.25, -0.2) is 0 Å². The van der Waals surface area contributed by atoms with Crippen LogP contribution >= 0.6 is 0 Å². The molecule has 2 nitrogen and oxygen atoms in total. The van der Waals surface area contributed by atoms with Gasteiger partial charge >= 0.3 is 0 Å². The maximum Gasteiger partial charge on any atom is 0.126 e. The summed E-state index contributed by atoms with van der Waals surface area (Å²) in [5.41, 5.74) is 5.31. The summed E-state index contributed by atoms with van der Waals surface area (Å²) < 4.78 is 12.0. The zero-order valence-electron chi connectivity index (χ0n) is 18.5. The molecule has 2 heteroatoms. The summed E-state index contributed by atoms with van der Waals surface area (Å²) in [6.07, 6.45) is 12.5. The molecular formula is C25H40O2. The smallest absolute Gasteiger partial charge is 0.126 e. The van der Waals surface area contributed by atoms with E-state index >= 15 is 0 Å².